The van der Waals surface area contributed by atoms with Crippen molar-refractivity contribution in [3.8, 4) is 28.6 Å². The second-order valence-corrected chi connectivity index (χ2v) is 7.72. The standard InChI is InChI=1S/C22H22N6/c1-27-6-8-28(9-7-27)14-15-2-5-19-17(10-15)11-20-21(25-26-22(19)20)16-3-4-18(12-23)24-13-16/h2-5,10,13H,6-9,11,14H2,1H3,(H,25,26). The number of H-pyrrole nitrogens is 1. The molecule has 0 atom stereocenters. The third-order valence-corrected chi connectivity index (χ3v) is 5.83. The van der Waals surface area contributed by atoms with Gasteiger partial charge in [-0.1, -0.05) is 18.2 Å². The number of nitrogens with one attached hydrogen (secondary N) is 1. The number of piperazine rings is 1. The van der Waals surface area contributed by atoms with Crippen molar-refractivity contribution in [2.75, 3.05) is 33.2 Å². The number of hydrogen-bond acceptors (Lipinski definition) is 5. The van der Waals surface area contributed by atoms with Crippen LogP contribution in [0.1, 0.15) is 22.4 Å². The Hall–Kier alpha value is -3.01. The molecule has 1 aliphatic heterocycles. The average molecular weight is 370 g/mol. The van der Waals surface area contributed by atoms with Gasteiger partial charge in [0.2, 0.25) is 0 Å². The van der Waals surface area contributed by atoms with E-state index in [9.17, 15) is 0 Å². The van der Waals surface area contributed by atoms with Gasteiger partial charge in [0.05, 0.1) is 11.4 Å². The molecule has 3 heterocycles. The summed E-state index contributed by atoms with van der Waals surface area (Å²) in [4.78, 5) is 9.11. The summed E-state index contributed by atoms with van der Waals surface area (Å²) in [7, 11) is 2.19. The molecular weight excluding hydrogens is 348 g/mol. The molecule has 5 rings (SSSR count). The first-order valence-corrected chi connectivity index (χ1v) is 9.68. The number of hydrogen-bond donors (Lipinski definition) is 1. The molecule has 2 aliphatic rings. The van der Waals surface area contributed by atoms with Gasteiger partial charge >= 0.3 is 0 Å². The maximum absolute atomic E-state index is 8.95. The van der Waals surface area contributed by atoms with Crippen molar-refractivity contribution < 1.29 is 0 Å². The Balaban J connectivity index is 1.38. The number of fused-ring (bicyclic) bond motifs is 3. The second kappa shape index (κ2) is 6.86. The normalized spacial score (nSPS) is 16.6. The van der Waals surface area contributed by atoms with E-state index in [0.29, 0.717) is 5.69 Å². The Labute approximate surface area is 164 Å². The lowest BCUT2D eigenvalue weighted by atomic mass is 10.0. The predicted octanol–water partition coefficient (Wildman–Crippen LogP) is 2.66. The summed E-state index contributed by atoms with van der Waals surface area (Å²) in [6, 6.07) is 12.5. The van der Waals surface area contributed by atoms with Crippen LogP contribution in [0.5, 0.6) is 0 Å². The van der Waals surface area contributed by atoms with Crippen molar-refractivity contribution in [2.24, 2.45) is 0 Å². The highest BCUT2D eigenvalue weighted by molar-refractivity contribution is 5.81. The van der Waals surface area contributed by atoms with Crippen molar-refractivity contribution in [3.63, 3.8) is 0 Å². The average Bonchev–Trinajstić information content (AvgIpc) is 3.28. The first-order valence-electron chi connectivity index (χ1n) is 9.68. The van der Waals surface area contributed by atoms with E-state index in [-0.39, 0.29) is 0 Å². The molecule has 140 valence electrons. The number of aromatic nitrogens is 3. The fourth-order valence-electron chi connectivity index (χ4n) is 4.19. The fourth-order valence-corrected chi connectivity index (χ4v) is 4.19. The van der Waals surface area contributed by atoms with Crippen LogP contribution in [0.2, 0.25) is 0 Å². The minimum Gasteiger partial charge on any atom is -0.304 e. The second-order valence-electron chi connectivity index (χ2n) is 7.72. The zero-order chi connectivity index (χ0) is 19.1. The van der Waals surface area contributed by atoms with Crippen LogP contribution in [0.4, 0.5) is 0 Å². The Bertz CT molecular complexity index is 1050. The summed E-state index contributed by atoms with van der Waals surface area (Å²) in [5, 5.41) is 16.7. The van der Waals surface area contributed by atoms with Gasteiger partial charge in [0.15, 0.2) is 0 Å². The van der Waals surface area contributed by atoms with Crippen LogP contribution in [0.15, 0.2) is 36.5 Å². The van der Waals surface area contributed by atoms with Gasteiger partial charge in [-0.05, 0) is 30.3 Å². The largest absolute Gasteiger partial charge is 0.304 e. The molecule has 0 spiro atoms. The minimum atomic E-state index is 0.424. The number of rotatable bonds is 3. The third-order valence-electron chi connectivity index (χ3n) is 5.83. The van der Waals surface area contributed by atoms with Crippen LogP contribution in [-0.2, 0) is 13.0 Å². The molecule has 3 aromatic rings. The molecule has 28 heavy (non-hydrogen) atoms. The highest BCUT2D eigenvalue weighted by atomic mass is 15.2. The van der Waals surface area contributed by atoms with Gasteiger partial charge in [-0.2, -0.15) is 10.4 Å². The maximum Gasteiger partial charge on any atom is 0.140 e. The first-order chi connectivity index (χ1) is 13.7. The molecule has 6 heteroatoms. The number of benzene rings is 1. The molecule has 0 radical (unpaired) electrons. The number of nitrogens with zero attached hydrogens (tertiary/aromatic N) is 5. The van der Waals surface area contributed by atoms with E-state index < -0.39 is 0 Å². The van der Waals surface area contributed by atoms with Crippen LogP contribution in [0, 0.1) is 11.3 Å². The summed E-state index contributed by atoms with van der Waals surface area (Å²) in [5.74, 6) is 0. The maximum atomic E-state index is 8.95. The van der Waals surface area contributed by atoms with Crippen LogP contribution in [0.25, 0.3) is 22.5 Å². The third kappa shape index (κ3) is 2.99. The predicted molar refractivity (Wildman–Crippen MR) is 108 cm³/mol. The van der Waals surface area contributed by atoms with Crippen molar-refractivity contribution in [3.05, 3.63) is 58.9 Å². The molecule has 0 saturated carbocycles. The lowest BCUT2D eigenvalue weighted by Gasteiger charge is -2.32. The van der Waals surface area contributed by atoms with Crippen LogP contribution < -0.4 is 0 Å². The van der Waals surface area contributed by atoms with Crippen molar-refractivity contribution in [1.82, 2.24) is 25.0 Å². The lowest BCUT2D eigenvalue weighted by molar-refractivity contribution is 0.148. The van der Waals surface area contributed by atoms with Crippen LogP contribution in [-0.4, -0.2) is 58.2 Å². The summed E-state index contributed by atoms with van der Waals surface area (Å²) < 4.78 is 0. The zero-order valence-corrected chi connectivity index (χ0v) is 15.9. The van der Waals surface area contributed by atoms with Gasteiger partial charge in [-0.3, -0.25) is 10.00 Å². The lowest BCUT2D eigenvalue weighted by Crippen LogP contribution is -2.43. The van der Waals surface area contributed by atoms with Gasteiger partial charge in [0.1, 0.15) is 11.8 Å². The molecule has 1 N–H and O–H groups in total. The molecule has 0 bridgehead atoms. The number of likely N-dealkylation sites (N-methyl/N-ethyl adjacent to an activating group) is 1. The number of aromatic amines is 1. The van der Waals surface area contributed by atoms with Crippen molar-refractivity contribution in [1.29, 1.82) is 5.26 Å². The Morgan fingerprint density at radius 1 is 1.14 bits per heavy atom. The van der Waals surface area contributed by atoms with E-state index in [1.165, 1.54) is 22.3 Å². The van der Waals surface area contributed by atoms with Crippen molar-refractivity contribution >= 4 is 0 Å². The van der Waals surface area contributed by atoms with E-state index in [2.05, 4.69) is 56.3 Å². The topological polar surface area (TPSA) is 71.8 Å². The summed E-state index contributed by atoms with van der Waals surface area (Å²) in [6.07, 6.45) is 2.61. The highest BCUT2D eigenvalue weighted by Crippen LogP contribution is 2.40. The van der Waals surface area contributed by atoms with Crippen LogP contribution in [0.3, 0.4) is 0 Å². The molecule has 1 aromatic carbocycles. The molecule has 1 fully saturated rings. The summed E-state index contributed by atoms with van der Waals surface area (Å²) in [5.41, 5.74) is 8.62. The van der Waals surface area contributed by atoms with E-state index in [1.807, 2.05) is 6.07 Å². The minimum absolute atomic E-state index is 0.424. The Morgan fingerprint density at radius 2 is 2.00 bits per heavy atom. The fraction of sp³-hybridized carbons (Fsp3) is 0.318. The monoisotopic (exact) mass is 370 g/mol. The van der Waals surface area contributed by atoms with E-state index in [0.717, 1.165) is 56.1 Å². The van der Waals surface area contributed by atoms with Gasteiger partial charge in [0.25, 0.3) is 0 Å². The molecule has 0 unspecified atom stereocenters. The van der Waals surface area contributed by atoms with Gasteiger partial charge in [-0.25, -0.2) is 4.98 Å². The van der Waals surface area contributed by atoms with Gasteiger partial charge < -0.3 is 4.90 Å². The van der Waals surface area contributed by atoms with E-state index in [1.54, 1.807) is 12.3 Å². The smallest absolute Gasteiger partial charge is 0.140 e. The van der Waals surface area contributed by atoms with Crippen LogP contribution >= 0.6 is 0 Å². The Morgan fingerprint density at radius 3 is 2.75 bits per heavy atom. The summed E-state index contributed by atoms with van der Waals surface area (Å²) >= 11 is 0. The number of nitriles is 1. The molecule has 1 saturated heterocycles. The molecule has 2 aromatic heterocycles. The van der Waals surface area contributed by atoms with E-state index in [4.69, 9.17) is 5.26 Å². The summed E-state index contributed by atoms with van der Waals surface area (Å²) in [6.45, 7) is 5.56. The quantitative estimate of drug-likeness (QED) is 0.600. The van der Waals surface area contributed by atoms with E-state index >= 15 is 0 Å². The highest BCUT2D eigenvalue weighted by Gasteiger charge is 2.25. The SMILES string of the molecule is CN1CCN(Cc2ccc3c(c2)Cc2c(-c4ccc(C#N)nc4)n[nH]c2-3)CC1. The Kier molecular flexibility index (Phi) is 4.19. The van der Waals surface area contributed by atoms with Crippen molar-refractivity contribution in [2.45, 2.75) is 13.0 Å². The molecule has 6 nitrogen and oxygen atoms in total. The number of pyridine rings is 1. The molecule has 1 aliphatic carbocycles. The molecular formula is C22H22N6. The van der Waals surface area contributed by atoms with Gasteiger partial charge in [-0.15, -0.1) is 0 Å². The first kappa shape index (κ1) is 17.1. The zero-order valence-electron chi connectivity index (χ0n) is 15.9. The molecule has 0 amide bonds. The van der Waals surface area contributed by atoms with Gasteiger partial charge in [0, 0.05) is 62.0 Å².